The van der Waals surface area contributed by atoms with Crippen molar-refractivity contribution in [1.82, 2.24) is 4.90 Å². The van der Waals surface area contributed by atoms with Crippen molar-refractivity contribution in [2.24, 2.45) is 0 Å². The van der Waals surface area contributed by atoms with Gasteiger partial charge < -0.3 is 9.64 Å². The van der Waals surface area contributed by atoms with E-state index in [9.17, 15) is 17.6 Å². The van der Waals surface area contributed by atoms with E-state index in [1.54, 1.807) is 41.3 Å². The quantitative estimate of drug-likeness (QED) is 0.610. The second-order valence-corrected chi connectivity index (χ2v) is 9.58. The summed E-state index contributed by atoms with van der Waals surface area (Å²) < 4.78 is 43.3. The van der Waals surface area contributed by atoms with Gasteiger partial charge >= 0.3 is 0 Å². The van der Waals surface area contributed by atoms with Crippen LogP contribution in [0, 0.1) is 5.82 Å². The number of carbonyl (C=O) groups excluding carboxylic acids is 1. The summed E-state index contributed by atoms with van der Waals surface area (Å²) in [6.07, 6.45) is 2.32. The van der Waals surface area contributed by atoms with Gasteiger partial charge in [-0.15, -0.1) is 0 Å². The van der Waals surface area contributed by atoms with Crippen LogP contribution in [-0.4, -0.2) is 43.4 Å². The molecule has 1 fully saturated rings. The van der Waals surface area contributed by atoms with Crippen molar-refractivity contribution in [3.05, 3.63) is 65.5 Å². The van der Waals surface area contributed by atoms with Crippen molar-refractivity contribution in [2.45, 2.75) is 38.8 Å². The van der Waals surface area contributed by atoms with Crippen molar-refractivity contribution in [1.29, 1.82) is 0 Å². The maximum atomic E-state index is 13.6. The van der Waals surface area contributed by atoms with E-state index in [1.807, 2.05) is 0 Å². The number of benzene rings is 2. The van der Waals surface area contributed by atoms with Crippen LogP contribution in [-0.2, 0) is 16.4 Å². The molecule has 7 heteroatoms. The largest absolute Gasteiger partial charge is 0.494 e. The maximum absolute atomic E-state index is 13.6. The van der Waals surface area contributed by atoms with Gasteiger partial charge in [0.25, 0.3) is 5.91 Å². The van der Waals surface area contributed by atoms with Crippen molar-refractivity contribution in [3.63, 3.8) is 0 Å². The number of nitrogens with zero attached hydrogens (tertiary/aromatic N) is 1. The highest BCUT2D eigenvalue weighted by Gasteiger charge is 2.35. The van der Waals surface area contributed by atoms with Crippen LogP contribution in [0.4, 0.5) is 4.39 Å². The van der Waals surface area contributed by atoms with Gasteiger partial charge in [0.05, 0.1) is 18.1 Å². The number of hydrogen-bond donors (Lipinski definition) is 0. The highest BCUT2D eigenvalue weighted by atomic mass is 32.2. The van der Waals surface area contributed by atoms with E-state index in [0.717, 1.165) is 12.8 Å². The summed E-state index contributed by atoms with van der Waals surface area (Å²) in [4.78, 5) is 14.8. The van der Waals surface area contributed by atoms with Crippen molar-refractivity contribution >= 4 is 15.7 Å². The predicted octanol–water partition coefficient (Wildman–Crippen LogP) is 3.83. The van der Waals surface area contributed by atoms with Gasteiger partial charge in [0.15, 0.2) is 9.84 Å². The minimum absolute atomic E-state index is 0.0603. The predicted molar refractivity (Wildman–Crippen MR) is 110 cm³/mol. The first-order chi connectivity index (χ1) is 13.9. The summed E-state index contributed by atoms with van der Waals surface area (Å²) >= 11 is 0. The third kappa shape index (κ3) is 5.79. The average Bonchev–Trinajstić information content (AvgIpc) is 3.05. The molecule has 5 nitrogen and oxygen atoms in total. The number of ether oxygens (including phenoxy) is 1. The Labute approximate surface area is 171 Å². The molecule has 0 N–H and O–H groups in total. The normalized spacial score (nSPS) is 17.8. The van der Waals surface area contributed by atoms with Crippen LogP contribution in [0.5, 0.6) is 5.75 Å². The summed E-state index contributed by atoms with van der Waals surface area (Å²) in [6, 6.07) is 12.5. The molecule has 1 saturated heterocycles. The second-order valence-electron chi connectivity index (χ2n) is 7.35. The van der Waals surface area contributed by atoms with Crippen LogP contribution >= 0.6 is 0 Å². The molecule has 2 aromatic rings. The van der Waals surface area contributed by atoms with Crippen molar-refractivity contribution in [3.8, 4) is 5.75 Å². The fourth-order valence-corrected chi connectivity index (χ4v) is 5.17. The highest BCUT2D eigenvalue weighted by molar-refractivity contribution is 7.91. The lowest BCUT2D eigenvalue weighted by molar-refractivity contribution is 0.0680. The molecule has 0 bridgehead atoms. The monoisotopic (exact) mass is 419 g/mol. The van der Waals surface area contributed by atoms with Gasteiger partial charge in [-0.1, -0.05) is 31.5 Å². The van der Waals surface area contributed by atoms with Gasteiger partial charge in [-0.2, -0.15) is 0 Å². The van der Waals surface area contributed by atoms with Crippen molar-refractivity contribution in [2.75, 3.05) is 18.1 Å². The number of rotatable bonds is 8. The van der Waals surface area contributed by atoms with E-state index in [-0.39, 0.29) is 29.8 Å². The fraction of sp³-hybridized carbons (Fsp3) is 0.409. The van der Waals surface area contributed by atoms with Gasteiger partial charge in [0.2, 0.25) is 0 Å². The molecule has 1 heterocycles. The summed E-state index contributed by atoms with van der Waals surface area (Å²) in [5.41, 5.74) is 1.05. The average molecular weight is 420 g/mol. The Morgan fingerprint density at radius 3 is 2.69 bits per heavy atom. The minimum atomic E-state index is -3.17. The van der Waals surface area contributed by atoms with E-state index < -0.39 is 15.9 Å². The molecule has 1 aliphatic rings. The van der Waals surface area contributed by atoms with Crippen molar-refractivity contribution < 1.29 is 22.3 Å². The van der Waals surface area contributed by atoms with E-state index >= 15 is 0 Å². The fourth-order valence-electron chi connectivity index (χ4n) is 3.44. The molecule has 2 aromatic carbocycles. The molecule has 0 spiro atoms. The van der Waals surface area contributed by atoms with Crippen LogP contribution in [0.3, 0.4) is 0 Å². The molecule has 0 aliphatic carbocycles. The lowest BCUT2D eigenvalue weighted by Crippen LogP contribution is -2.40. The number of halogens is 1. The Hall–Kier alpha value is -2.41. The molecule has 29 heavy (non-hydrogen) atoms. The number of amides is 1. The molecule has 3 rings (SSSR count). The SMILES string of the molecule is CCCCOc1cccc(C(=O)N(Cc2cccc(F)c2)[C@H]2CCS(=O)(=O)C2)c1. The first-order valence-corrected chi connectivity index (χ1v) is 11.7. The Bertz CT molecular complexity index is 961. The zero-order valence-electron chi connectivity index (χ0n) is 16.5. The molecule has 0 saturated carbocycles. The Morgan fingerprint density at radius 2 is 2.00 bits per heavy atom. The van der Waals surface area contributed by atoms with Gasteiger partial charge in [0, 0.05) is 18.2 Å². The molecule has 1 atom stereocenters. The van der Waals surface area contributed by atoms with Crippen LogP contribution in [0.1, 0.15) is 42.1 Å². The molecular formula is C22H26FNO4S. The van der Waals surface area contributed by atoms with Crippen LogP contribution in [0.15, 0.2) is 48.5 Å². The van der Waals surface area contributed by atoms with Crippen LogP contribution < -0.4 is 4.74 Å². The summed E-state index contributed by atoms with van der Waals surface area (Å²) in [6.45, 7) is 2.79. The summed E-state index contributed by atoms with van der Waals surface area (Å²) in [5, 5.41) is 0. The van der Waals surface area contributed by atoms with Gasteiger partial charge in [0.1, 0.15) is 11.6 Å². The van der Waals surface area contributed by atoms with Gasteiger partial charge in [-0.3, -0.25) is 4.79 Å². The number of carbonyl (C=O) groups is 1. The first kappa shape index (κ1) is 21.3. The van der Waals surface area contributed by atoms with E-state index in [0.29, 0.717) is 29.9 Å². The molecule has 1 amide bonds. The maximum Gasteiger partial charge on any atom is 0.254 e. The Kier molecular flexibility index (Phi) is 6.90. The van der Waals surface area contributed by atoms with Gasteiger partial charge in [-0.25, -0.2) is 12.8 Å². The van der Waals surface area contributed by atoms with Crippen LogP contribution in [0.2, 0.25) is 0 Å². The zero-order chi connectivity index (χ0) is 20.9. The standard InChI is InChI=1S/C22H26FNO4S/c1-2-3-11-28-21-9-5-7-18(14-21)22(25)24(20-10-12-29(26,27)16-20)15-17-6-4-8-19(23)13-17/h4-9,13-14,20H,2-3,10-12,15-16H2,1H3/t20-/m0/s1. The van der Waals surface area contributed by atoms with E-state index in [2.05, 4.69) is 6.92 Å². The molecule has 0 unspecified atom stereocenters. The second kappa shape index (κ2) is 9.39. The summed E-state index contributed by atoms with van der Waals surface area (Å²) in [5.74, 6) is -0.0717. The number of hydrogen-bond acceptors (Lipinski definition) is 4. The van der Waals surface area contributed by atoms with Gasteiger partial charge in [-0.05, 0) is 48.7 Å². The molecule has 0 aromatic heterocycles. The Balaban J connectivity index is 1.85. The molecule has 1 aliphatic heterocycles. The molecular weight excluding hydrogens is 393 g/mol. The summed E-state index contributed by atoms with van der Waals surface area (Å²) in [7, 11) is -3.17. The van der Waals surface area contributed by atoms with Crippen LogP contribution in [0.25, 0.3) is 0 Å². The van der Waals surface area contributed by atoms with E-state index in [1.165, 1.54) is 12.1 Å². The lowest BCUT2D eigenvalue weighted by atomic mass is 10.1. The first-order valence-electron chi connectivity index (χ1n) is 9.86. The van der Waals surface area contributed by atoms with E-state index in [4.69, 9.17) is 4.74 Å². The molecule has 156 valence electrons. The smallest absolute Gasteiger partial charge is 0.254 e. The highest BCUT2D eigenvalue weighted by Crippen LogP contribution is 2.24. The Morgan fingerprint density at radius 1 is 1.21 bits per heavy atom. The third-order valence-corrected chi connectivity index (χ3v) is 6.75. The lowest BCUT2D eigenvalue weighted by Gasteiger charge is -2.28. The zero-order valence-corrected chi connectivity index (χ0v) is 17.3. The number of sulfone groups is 1. The number of unbranched alkanes of at least 4 members (excludes halogenated alkanes) is 1. The minimum Gasteiger partial charge on any atom is -0.494 e. The third-order valence-electron chi connectivity index (χ3n) is 5.00. The topological polar surface area (TPSA) is 63.7 Å². The molecule has 0 radical (unpaired) electrons.